The first-order valence-corrected chi connectivity index (χ1v) is 5.66. The lowest BCUT2D eigenvalue weighted by atomic mass is 10.1. The van der Waals surface area contributed by atoms with E-state index in [2.05, 4.69) is 4.98 Å². The quantitative estimate of drug-likeness (QED) is 0.929. The Morgan fingerprint density at radius 2 is 2.11 bits per heavy atom. The maximum Gasteiger partial charge on any atom is 0.416 e. The Bertz CT molecular complexity index is 563. The Morgan fingerprint density at radius 1 is 1.37 bits per heavy atom. The van der Waals surface area contributed by atoms with Crippen molar-refractivity contribution >= 4 is 0 Å². The van der Waals surface area contributed by atoms with Gasteiger partial charge in [0, 0.05) is 11.5 Å². The predicted molar refractivity (Wildman–Crippen MR) is 62.4 cm³/mol. The molecule has 1 unspecified atom stereocenters. The highest BCUT2D eigenvalue weighted by atomic mass is 19.4. The first kappa shape index (κ1) is 13.6. The van der Waals surface area contributed by atoms with E-state index in [-0.39, 0.29) is 24.0 Å². The fourth-order valence-electron chi connectivity index (χ4n) is 1.57. The molecule has 19 heavy (non-hydrogen) atoms. The third-order valence-corrected chi connectivity index (χ3v) is 2.72. The van der Waals surface area contributed by atoms with E-state index in [1.54, 1.807) is 6.92 Å². The van der Waals surface area contributed by atoms with Crippen LogP contribution in [0.4, 0.5) is 13.2 Å². The van der Waals surface area contributed by atoms with Crippen LogP contribution in [0, 0.1) is 0 Å². The van der Waals surface area contributed by atoms with E-state index in [0.29, 0.717) is 5.76 Å². The molecule has 1 N–H and O–H groups in total. The molecular weight excluding hydrogens is 259 g/mol. The molecule has 3 nitrogen and oxygen atoms in total. The summed E-state index contributed by atoms with van der Waals surface area (Å²) in [5.41, 5.74) is -0.494. The molecule has 0 radical (unpaired) electrons. The summed E-state index contributed by atoms with van der Waals surface area (Å²) in [6, 6.07) is 4.77. The number of aromatic nitrogens is 1. The van der Waals surface area contributed by atoms with Gasteiger partial charge in [0.1, 0.15) is 5.76 Å². The molecule has 1 heterocycles. The molecule has 0 saturated heterocycles. The molecule has 0 aliphatic rings. The zero-order valence-corrected chi connectivity index (χ0v) is 10.1. The Morgan fingerprint density at radius 3 is 2.74 bits per heavy atom. The van der Waals surface area contributed by atoms with E-state index in [0.717, 1.165) is 12.1 Å². The monoisotopic (exact) mass is 271 g/mol. The van der Waals surface area contributed by atoms with Crippen LogP contribution in [0.15, 0.2) is 34.9 Å². The molecule has 0 aliphatic carbocycles. The molecule has 0 amide bonds. The maximum absolute atomic E-state index is 12.6. The summed E-state index contributed by atoms with van der Waals surface area (Å²) in [4.78, 5) is 3.93. The number of alkyl halides is 3. The van der Waals surface area contributed by atoms with Gasteiger partial charge in [-0.1, -0.05) is 13.0 Å². The van der Waals surface area contributed by atoms with Crippen LogP contribution < -0.4 is 0 Å². The minimum atomic E-state index is -4.40. The number of hydrogen-bond acceptors (Lipinski definition) is 3. The highest BCUT2D eigenvalue weighted by Gasteiger charge is 2.30. The van der Waals surface area contributed by atoms with Gasteiger partial charge in [0.25, 0.3) is 0 Å². The minimum Gasteiger partial charge on any atom is -0.441 e. The fraction of sp³-hybridized carbons (Fsp3) is 0.308. The zero-order chi connectivity index (χ0) is 14.0. The summed E-state index contributed by atoms with van der Waals surface area (Å²) in [6.07, 6.45) is -2.99. The minimum absolute atomic E-state index is 0.112. The van der Waals surface area contributed by atoms with Gasteiger partial charge < -0.3 is 9.52 Å². The van der Waals surface area contributed by atoms with Gasteiger partial charge in [0.05, 0.1) is 18.4 Å². The second-order valence-corrected chi connectivity index (χ2v) is 4.23. The van der Waals surface area contributed by atoms with Crippen LogP contribution in [-0.2, 0) is 6.18 Å². The lowest BCUT2D eigenvalue weighted by molar-refractivity contribution is -0.137. The van der Waals surface area contributed by atoms with E-state index < -0.39 is 11.7 Å². The van der Waals surface area contributed by atoms with Crippen LogP contribution in [0.3, 0.4) is 0 Å². The summed E-state index contributed by atoms with van der Waals surface area (Å²) in [5.74, 6) is 0.309. The number of aliphatic hydroxyl groups is 1. The SMILES string of the molecule is CC(CO)c1cnc(-c2cccc(C(F)(F)F)c2)o1. The average Bonchev–Trinajstić information content (AvgIpc) is 2.86. The Kier molecular flexibility index (Phi) is 3.61. The van der Waals surface area contributed by atoms with Gasteiger partial charge in [-0.3, -0.25) is 0 Å². The maximum atomic E-state index is 12.6. The molecule has 0 fully saturated rings. The van der Waals surface area contributed by atoms with Crippen molar-refractivity contribution in [3.63, 3.8) is 0 Å². The van der Waals surface area contributed by atoms with Crippen molar-refractivity contribution in [1.82, 2.24) is 4.98 Å². The third kappa shape index (κ3) is 2.96. The smallest absolute Gasteiger partial charge is 0.416 e. The molecule has 0 spiro atoms. The fourth-order valence-corrected chi connectivity index (χ4v) is 1.57. The van der Waals surface area contributed by atoms with Crippen LogP contribution >= 0.6 is 0 Å². The molecule has 1 aromatic heterocycles. The molecule has 102 valence electrons. The molecule has 0 saturated carbocycles. The van der Waals surface area contributed by atoms with E-state index in [1.165, 1.54) is 18.3 Å². The van der Waals surface area contributed by atoms with Crippen molar-refractivity contribution in [2.75, 3.05) is 6.61 Å². The Balaban J connectivity index is 2.34. The zero-order valence-electron chi connectivity index (χ0n) is 10.1. The Hall–Kier alpha value is -1.82. The summed E-state index contributed by atoms with van der Waals surface area (Å²) in [5, 5.41) is 8.98. The number of aliphatic hydroxyl groups excluding tert-OH is 1. The predicted octanol–water partition coefficient (Wildman–Crippen LogP) is 3.46. The highest BCUT2D eigenvalue weighted by molar-refractivity contribution is 5.54. The molecule has 1 aromatic carbocycles. The molecule has 6 heteroatoms. The van der Waals surface area contributed by atoms with Crippen molar-refractivity contribution in [3.05, 3.63) is 41.8 Å². The van der Waals surface area contributed by atoms with Crippen LogP contribution in [-0.4, -0.2) is 16.7 Å². The molecule has 0 bridgehead atoms. The van der Waals surface area contributed by atoms with E-state index in [4.69, 9.17) is 9.52 Å². The largest absolute Gasteiger partial charge is 0.441 e. The summed E-state index contributed by atoms with van der Waals surface area (Å²) < 4.78 is 43.1. The normalized spacial score (nSPS) is 13.5. The van der Waals surface area contributed by atoms with Gasteiger partial charge in [-0.15, -0.1) is 0 Å². The van der Waals surface area contributed by atoms with Gasteiger partial charge in [0.15, 0.2) is 0 Å². The Labute approximate surface area is 107 Å². The van der Waals surface area contributed by atoms with Crippen LogP contribution in [0.25, 0.3) is 11.5 Å². The van der Waals surface area contributed by atoms with Crippen LogP contribution in [0.2, 0.25) is 0 Å². The number of oxazole rings is 1. The second kappa shape index (κ2) is 5.05. The van der Waals surface area contributed by atoms with Crippen molar-refractivity contribution < 1.29 is 22.7 Å². The van der Waals surface area contributed by atoms with Gasteiger partial charge in [-0.25, -0.2) is 4.98 Å². The first-order chi connectivity index (χ1) is 8.91. The lowest BCUT2D eigenvalue weighted by Gasteiger charge is -2.07. The number of rotatable bonds is 3. The number of halogens is 3. The molecule has 2 aromatic rings. The van der Waals surface area contributed by atoms with E-state index in [9.17, 15) is 13.2 Å². The standard InChI is InChI=1S/C13H12F3NO2/c1-8(7-18)11-6-17-12(19-11)9-3-2-4-10(5-9)13(14,15)16/h2-6,8,18H,7H2,1H3. The topological polar surface area (TPSA) is 46.3 Å². The van der Waals surface area contributed by atoms with Crippen molar-refractivity contribution in [2.24, 2.45) is 0 Å². The summed E-state index contributed by atoms with van der Waals surface area (Å²) in [6.45, 7) is 1.62. The van der Waals surface area contributed by atoms with E-state index >= 15 is 0 Å². The van der Waals surface area contributed by atoms with Gasteiger partial charge in [-0.05, 0) is 18.2 Å². The third-order valence-electron chi connectivity index (χ3n) is 2.72. The second-order valence-electron chi connectivity index (χ2n) is 4.23. The van der Waals surface area contributed by atoms with Crippen molar-refractivity contribution in [2.45, 2.75) is 19.0 Å². The van der Waals surface area contributed by atoms with Gasteiger partial charge >= 0.3 is 6.18 Å². The molecular formula is C13H12F3NO2. The van der Waals surface area contributed by atoms with Crippen LogP contribution in [0.1, 0.15) is 24.2 Å². The van der Waals surface area contributed by atoms with E-state index in [1.807, 2.05) is 0 Å². The van der Waals surface area contributed by atoms with Gasteiger partial charge in [-0.2, -0.15) is 13.2 Å². The van der Waals surface area contributed by atoms with Crippen molar-refractivity contribution in [3.8, 4) is 11.5 Å². The highest BCUT2D eigenvalue weighted by Crippen LogP contribution is 2.32. The molecule has 1 atom stereocenters. The van der Waals surface area contributed by atoms with Crippen molar-refractivity contribution in [1.29, 1.82) is 0 Å². The lowest BCUT2D eigenvalue weighted by Crippen LogP contribution is -2.04. The van der Waals surface area contributed by atoms with Gasteiger partial charge in [0.2, 0.25) is 5.89 Å². The number of nitrogens with zero attached hydrogens (tertiary/aromatic N) is 1. The average molecular weight is 271 g/mol. The number of benzene rings is 1. The molecule has 2 rings (SSSR count). The number of hydrogen-bond donors (Lipinski definition) is 1. The van der Waals surface area contributed by atoms with Crippen LogP contribution in [0.5, 0.6) is 0 Å². The molecule has 0 aliphatic heterocycles. The first-order valence-electron chi connectivity index (χ1n) is 5.66. The summed E-state index contributed by atoms with van der Waals surface area (Å²) >= 11 is 0. The summed E-state index contributed by atoms with van der Waals surface area (Å²) in [7, 11) is 0.